The maximum atomic E-state index is 5.74. The van der Waals surface area contributed by atoms with Gasteiger partial charge < -0.3 is 10.5 Å². The summed E-state index contributed by atoms with van der Waals surface area (Å²) >= 11 is 0. The van der Waals surface area contributed by atoms with Gasteiger partial charge >= 0.3 is 0 Å². The van der Waals surface area contributed by atoms with E-state index in [0.717, 1.165) is 5.69 Å². The van der Waals surface area contributed by atoms with Gasteiger partial charge in [-0.3, -0.25) is 4.90 Å². The summed E-state index contributed by atoms with van der Waals surface area (Å²) in [4.78, 5) is 1.17. The highest BCUT2D eigenvalue weighted by atomic mass is 16.5. The van der Waals surface area contributed by atoms with Gasteiger partial charge in [0.05, 0.1) is 31.7 Å². The third-order valence-corrected chi connectivity index (χ3v) is 2.74. The van der Waals surface area contributed by atoms with Crippen LogP contribution in [0.3, 0.4) is 0 Å². The van der Waals surface area contributed by atoms with Crippen LogP contribution >= 0.6 is 0 Å². The van der Waals surface area contributed by atoms with Crippen molar-refractivity contribution >= 4 is 11.4 Å². The van der Waals surface area contributed by atoms with Crippen molar-refractivity contribution in [2.24, 2.45) is 10.2 Å². The first-order chi connectivity index (χ1) is 8.70. The number of hydrogen-bond acceptors (Lipinski definition) is 4. The number of benzene rings is 1. The number of quaternary nitrogens is 1. The Hall–Kier alpha value is -2.14. The van der Waals surface area contributed by atoms with E-state index in [2.05, 4.69) is 10.2 Å². The molecule has 18 heavy (non-hydrogen) atoms. The molecule has 2 atom stereocenters. The molecule has 2 rings (SSSR count). The zero-order valence-electron chi connectivity index (χ0n) is 10.5. The predicted molar refractivity (Wildman–Crippen MR) is 70.9 cm³/mol. The minimum absolute atomic E-state index is 0.0125. The molecule has 2 unspecified atom stereocenters. The standard InChI is InChI=1S/C13H16N4O/c1-17-8-4-3-5-13(17)16-15-10-6-7-11(14)12(9-10)18-2/h3-9,13H,14H2,1-2H3/p+1. The van der Waals surface area contributed by atoms with E-state index >= 15 is 0 Å². The number of ether oxygens (including phenoxy) is 1. The Bertz CT molecular complexity index is 508. The van der Waals surface area contributed by atoms with Gasteiger partial charge in [0.25, 0.3) is 0 Å². The van der Waals surface area contributed by atoms with Crippen molar-refractivity contribution in [3.8, 4) is 5.75 Å². The lowest BCUT2D eigenvalue weighted by molar-refractivity contribution is -0.845. The van der Waals surface area contributed by atoms with Crippen molar-refractivity contribution in [2.75, 3.05) is 19.9 Å². The van der Waals surface area contributed by atoms with Gasteiger partial charge in [0, 0.05) is 6.07 Å². The fourth-order valence-corrected chi connectivity index (χ4v) is 1.65. The normalized spacial score (nSPS) is 22.6. The largest absolute Gasteiger partial charge is 0.495 e. The zero-order valence-corrected chi connectivity index (χ0v) is 10.5. The summed E-state index contributed by atoms with van der Waals surface area (Å²) in [6.07, 6.45) is 8.02. The minimum atomic E-state index is 0.0125. The summed E-state index contributed by atoms with van der Waals surface area (Å²) in [6, 6.07) is 5.36. The van der Waals surface area contributed by atoms with Crippen LogP contribution < -0.4 is 15.4 Å². The van der Waals surface area contributed by atoms with Gasteiger partial charge in [0.2, 0.25) is 6.17 Å². The SMILES string of the molecule is COc1cc(N=NC2C=CC=C[NH+]2C)ccc1N. The van der Waals surface area contributed by atoms with Crippen LogP contribution in [0, 0.1) is 0 Å². The molecule has 5 heteroatoms. The molecule has 1 aliphatic rings. The Labute approximate surface area is 106 Å². The Kier molecular flexibility index (Phi) is 3.74. The Morgan fingerprint density at radius 2 is 2.17 bits per heavy atom. The number of hydrogen-bond donors (Lipinski definition) is 2. The van der Waals surface area contributed by atoms with Crippen molar-refractivity contribution < 1.29 is 9.64 Å². The first-order valence-electron chi connectivity index (χ1n) is 5.73. The van der Waals surface area contributed by atoms with E-state index in [0.29, 0.717) is 11.4 Å². The quantitative estimate of drug-likeness (QED) is 0.622. The van der Waals surface area contributed by atoms with E-state index < -0.39 is 0 Å². The highest BCUT2D eigenvalue weighted by molar-refractivity contribution is 5.59. The van der Waals surface area contributed by atoms with Crippen molar-refractivity contribution in [3.63, 3.8) is 0 Å². The highest BCUT2D eigenvalue weighted by Gasteiger charge is 2.13. The summed E-state index contributed by atoms with van der Waals surface area (Å²) in [5, 5.41) is 8.51. The van der Waals surface area contributed by atoms with Crippen LogP contribution in [0.5, 0.6) is 5.75 Å². The molecule has 3 N–H and O–H groups in total. The van der Waals surface area contributed by atoms with Gasteiger partial charge in [-0.05, 0) is 24.3 Å². The maximum absolute atomic E-state index is 5.74. The summed E-state index contributed by atoms with van der Waals surface area (Å²) in [7, 11) is 3.62. The monoisotopic (exact) mass is 245 g/mol. The maximum Gasteiger partial charge on any atom is 0.224 e. The van der Waals surface area contributed by atoms with Crippen LogP contribution in [0.4, 0.5) is 11.4 Å². The topological polar surface area (TPSA) is 64.4 Å². The number of likely N-dealkylation sites (N-methyl/N-ethyl adjacent to an activating group) is 1. The lowest BCUT2D eigenvalue weighted by Gasteiger charge is -2.15. The minimum Gasteiger partial charge on any atom is -0.495 e. The zero-order chi connectivity index (χ0) is 13.0. The molecule has 1 heterocycles. The average molecular weight is 245 g/mol. The molecule has 5 nitrogen and oxygen atoms in total. The first kappa shape index (κ1) is 12.3. The Balaban J connectivity index is 2.14. The van der Waals surface area contributed by atoms with Crippen molar-refractivity contribution in [3.05, 3.63) is 42.6 Å². The number of nitrogens with two attached hydrogens (primary N) is 1. The number of allylic oxidation sites excluding steroid dienone is 2. The number of nitrogen functional groups attached to an aromatic ring is 1. The molecule has 0 spiro atoms. The molecule has 0 aliphatic carbocycles. The van der Waals surface area contributed by atoms with Gasteiger partial charge in [-0.25, -0.2) is 0 Å². The second kappa shape index (κ2) is 5.46. The summed E-state index contributed by atoms with van der Waals surface area (Å²) in [5.41, 5.74) is 7.07. The van der Waals surface area contributed by atoms with Crippen LogP contribution in [0.1, 0.15) is 0 Å². The number of nitrogens with one attached hydrogen (secondary N) is 1. The lowest BCUT2D eigenvalue weighted by Crippen LogP contribution is -3.08. The number of nitrogens with zero attached hydrogens (tertiary/aromatic N) is 2. The van der Waals surface area contributed by atoms with Gasteiger partial charge in [-0.15, -0.1) is 10.2 Å². The third-order valence-electron chi connectivity index (χ3n) is 2.74. The van der Waals surface area contributed by atoms with Crippen molar-refractivity contribution in [2.45, 2.75) is 6.17 Å². The summed E-state index contributed by atoms with van der Waals surface area (Å²) in [5.74, 6) is 0.617. The van der Waals surface area contributed by atoms with Crippen molar-refractivity contribution in [1.29, 1.82) is 0 Å². The molecule has 1 aromatic rings. The van der Waals surface area contributed by atoms with Crippen molar-refractivity contribution in [1.82, 2.24) is 0 Å². The van der Waals surface area contributed by atoms with E-state index in [1.54, 1.807) is 19.2 Å². The molecule has 1 aromatic carbocycles. The molecule has 0 fully saturated rings. The molecular formula is C13H17N4O+. The molecule has 0 aromatic heterocycles. The van der Waals surface area contributed by atoms with Crippen LogP contribution in [0.15, 0.2) is 52.9 Å². The second-order valence-electron chi connectivity index (χ2n) is 4.07. The van der Waals surface area contributed by atoms with E-state index in [-0.39, 0.29) is 6.17 Å². The van der Waals surface area contributed by atoms with Gasteiger partial charge in [-0.1, -0.05) is 6.08 Å². The van der Waals surface area contributed by atoms with Crippen LogP contribution in [0.2, 0.25) is 0 Å². The highest BCUT2D eigenvalue weighted by Crippen LogP contribution is 2.26. The smallest absolute Gasteiger partial charge is 0.224 e. The Morgan fingerprint density at radius 1 is 1.33 bits per heavy atom. The molecule has 0 amide bonds. The molecule has 94 valence electrons. The van der Waals surface area contributed by atoms with E-state index in [1.165, 1.54) is 4.90 Å². The number of rotatable bonds is 3. The first-order valence-corrected chi connectivity index (χ1v) is 5.73. The molecule has 0 bridgehead atoms. The third kappa shape index (κ3) is 2.75. The molecule has 0 radical (unpaired) electrons. The van der Waals surface area contributed by atoms with E-state index in [4.69, 9.17) is 10.5 Å². The summed E-state index contributed by atoms with van der Waals surface area (Å²) in [6.45, 7) is 0. The van der Waals surface area contributed by atoms with Crippen LogP contribution in [-0.4, -0.2) is 20.3 Å². The molecular weight excluding hydrogens is 228 g/mol. The van der Waals surface area contributed by atoms with Gasteiger partial charge in [0.1, 0.15) is 5.75 Å². The summed E-state index contributed by atoms with van der Waals surface area (Å²) < 4.78 is 5.14. The Morgan fingerprint density at radius 3 is 2.89 bits per heavy atom. The lowest BCUT2D eigenvalue weighted by atomic mass is 10.2. The molecule has 0 saturated heterocycles. The number of anilines is 1. The fourth-order valence-electron chi connectivity index (χ4n) is 1.65. The second-order valence-corrected chi connectivity index (χ2v) is 4.07. The van der Waals surface area contributed by atoms with E-state index in [1.807, 2.05) is 37.5 Å². The molecule has 1 aliphatic heterocycles. The molecule has 0 saturated carbocycles. The van der Waals surface area contributed by atoms with E-state index in [9.17, 15) is 0 Å². The van der Waals surface area contributed by atoms with Gasteiger partial charge in [-0.2, -0.15) is 0 Å². The van der Waals surface area contributed by atoms with Crippen LogP contribution in [0.25, 0.3) is 0 Å². The van der Waals surface area contributed by atoms with Crippen LogP contribution in [-0.2, 0) is 0 Å². The predicted octanol–water partition coefficient (Wildman–Crippen LogP) is 1.29. The number of azo groups is 1. The average Bonchev–Trinajstić information content (AvgIpc) is 2.39. The fraction of sp³-hybridized carbons (Fsp3) is 0.231. The number of methoxy groups -OCH3 is 1. The van der Waals surface area contributed by atoms with Gasteiger partial charge in [0.15, 0.2) is 0 Å².